The van der Waals surface area contributed by atoms with Crippen molar-refractivity contribution < 1.29 is 4.79 Å². The van der Waals surface area contributed by atoms with Crippen molar-refractivity contribution in [2.24, 2.45) is 0 Å². The van der Waals surface area contributed by atoms with Crippen molar-refractivity contribution in [1.29, 1.82) is 0 Å². The van der Waals surface area contributed by atoms with Crippen molar-refractivity contribution in [3.05, 3.63) is 113 Å². The van der Waals surface area contributed by atoms with Gasteiger partial charge in [0.2, 0.25) is 0 Å². The lowest BCUT2D eigenvalue weighted by molar-refractivity contribution is 0.0697. The van der Waals surface area contributed by atoms with Crippen molar-refractivity contribution in [2.45, 2.75) is 12.5 Å². The summed E-state index contributed by atoms with van der Waals surface area (Å²) in [6, 6.07) is 28.4. The van der Waals surface area contributed by atoms with E-state index in [1.165, 1.54) is 22.3 Å². The molecule has 1 N–H and O–H groups in total. The van der Waals surface area contributed by atoms with Gasteiger partial charge in [-0.2, -0.15) is 0 Å². The van der Waals surface area contributed by atoms with Gasteiger partial charge in [0.25, 0.3) is 5.91 Å². The second kappa shape index (κ2) is 7.77. The maximum atomic E-state index is 13.8. The highest BCUT2D eigenvalue weighted by Crippen LogP contribution is 2.40. The van der Waals surface area contributed by atoms with E-state index in [-0.39, 0.29) is 11.9 Å². The van der Waals surface area contributed by atoms with Crippen molar-refractivity contribution in [3.63, 3.8) is 0 Å². The molecule has 3 aromatic heterocycles. The number of aromatic nitrogens is 2. The molecule has 0 saturated heterocycles. The van der Waals surface area contributed by atoms with Gasteiger partial charge in [-0.05, 0) is 47.9 Å². The first-order chi connectivity index (χ1) is 15.8. The largest absolute Gasteiger partial charge is 0.356 e. The number of thiophene rings is 1. The van der Waals surface area contributed by atoms with Crippen molar-refractivity contribution in [3.8, 4) is 10.6 Å². The number of amides is 1. The number of carbonyl (C=O) groups is 1. The summed E-state index contributed by atoms with van der Waals surface area (Å²) in [5.74, 6) is 0.0651. The third kappa shape index (κ3) is 3.13. The van der Waals surface area contributed by atoms with Crippen LogP contribution in [0.15, 0.2) is 91.1 Å². The Bertz CT molecular complexity index is 1400. The maximum Gasteiger partial charge on any atom is 0.264 e. The minimum absolute atomic E-state index is 0.0651. The van der Waals surface area contributed by atoms with E-state index in [0.717, 1.165) is 38.6 Å². The van der Waals surface area contributed by atoms with Crippen LogP contribution in [0.5, 0.6) is 0 Å². The molecule has 1 amide bonds. The molecule has 4 heterocycles. The van der Waals surface area contributed by atoms with Crippen LogP contribution in [0.25, 0.3) is 21.5 Å². The zero-order valence-electron chi connectivity index (χ0n) is 17.4. The van der Waals surface area contributed by atoms with E-state index >= 15 is 0 Å². The van der Waals surface area contributed by atoms with Crippen LogP contribution in [0.2, 0.25) is 0 Å². The SMILES string of the molecule is O=C(c1ccc(-c2ccccn2)s1)N1CCc2c([nH]c3ccccc23)C1c1ccccc1. The molecule has 5 aromatic rings. The fraction of sp³-hybridized carbons (Fsp3) is 0.111. The fourth-order valence-electron chi connectivity index (χ4n) is 4.68. The Morgan fingerprint density at radius 3 is 2.59 bits per heavy atom. The van der Waals surface area contributed by atoms with Crippen LogP contribution in [0, 0.1) is 0 Å². The fourth-order valence-corrected chi connectivity index (χ4v) is 5.62. The lowest BCUT2D eigenvalue weighted by atomic mass is 9.92. The summed E-state index contributed by atoms with van der Waals surface area (Å²) in [6.45, 7) is 0.685. The number of benzene rings is 2. The quantitative estimate of drug-likeness (QED) is 0.373. The topological polar surface area (TPSA) is 49.0 Å². The summed E-state index contributed by atoms with van der Waals surface area (Å²) in [5, 5.41) is 1.25. The molecule has 0 bridgehead atoms. The maximum absolute atomic E-state index is 13.8. The van der Waals surface area contributed by atoms with Gasteiger partial charge in [-0.3, -0.25) is 9.78 Å². The van der Waals surface area contributed by atoms with Crippen LogP contribution in [-0.2, 0) is 6.42 Å². The summed E-state index contributed by atoms with van der Waals surface area (Å²) in [7, 11) is 0. The standard InChI is InChI=1S/C27H21N3OS/c31-27(24-14-13-23(32-24)22-12-6-7-16-28-22)30-17-15-20-19-10-4-5-11-21(19)29-25(20)26(30)18-8-2-1-3-9-18/h1-14,16,26,29H,15,17H2. The predicted molar refractivity (Wildman–Crippen MR) is 129 cm³/mol. The monoisotopic (exact) mass is 435 g/mol. The molecule has 32 heavy (non-hydrogen) atoms. The molecule has 0 spiro atoms. The zero-order valence-corrected chi connectivity index (χ0v) is 18.2. The Morgan fingerprint density at radius 1 is 0.938 bits per heavy atom. The average molecular weight is 436 g/mol. The molecule has 1 aliphatic heterocycles. The third-order valence-electron chi connectivity index (χ3n) is 6.14. The van der Waals surface area contributed by atoms with Crippen LogP contribution < -0.4 is 0 Å². The zero-order chi connectivity index (χ0) is 21.5. The molecule has 0 radical (unpaired) electrons. The summed E-state index contributed by atoms with van der Waals surface area (Å²) in [4.78, 5) is 25.6. The number of aromatic amines is 1. The van der Waals surface area contributed by atoms with E-state index in [9.17, 15) is 4.79 Å². The van der Waals surface area contributed by atoms with Gasteiger partial charge >= 0.3 is 0 Å². The van der Waals surface area contributed by atoms with Crippen LogP contribution in [-0.4, -0.2) is 27.3 Å². The Hall–Kier alpha value is -3.70. The molecule has 6 rings (SSSR count). The van der Waals surface area contributed by atoms with Crippen LogP contribution in [0.4, 0.5) is 0 Å². The second-order valence-electron chi connectivity index (χ2n) is 8.00. The first-order valence-corrected chi connectivity index (χ1v) is 11.6. The number of H-pyrrole nitrogens is 1. The summed E-state index contributed by atoms with van der Waals surface area (Å²) in [6.07, 6.45) is 2.62. The van der Waals surface area contributed by atoms with Gasteiger partial charge in [-0.15, -0.1) is 11.3 Å². The first-order valence-electron chi connectivity index (χ1n) is 10.8. The number of carbonyl (C=O) groups excluding carboxylic acids is 1. The van der Waals surface area contributed by atoms with E-state index in [1.807, 2.05) is 53.4 Å². The Balaban J connectivity index is 1.43. The Morgan fingerprint density at radius 2 is 1.75 bits per heavy atom. The highest BCUT2D eigenvalue weighted by molar-refractivity contribution is 7.17. The van der Waals surface area contributed by atoms with Crippen LogP contribution in [0.1, 0.15) is 32.5 Å². The molecule has 4 nitrogen and oxygen atoms in total. The number of fused-ring (bicyclic) bond motifs is 3. The highest BCUT2D eigenvalue weighted by Gasteiger charge is 2.35. The first kappa shape index (κ1) is 19.0. The lowest BCUT2D eigenvalue weighted by Gasteiger charge is -2.36. The molecular weight excluding hydrogens is 414 g/mol. The van der Waals surface area contributed by atoms with E-state index in [4.69, 9.17) is 0 Å². The number of hydrogen-bond donors (Lipinski definition) is 1. The summed E-state index contributed by atoms with van der Waals surface area (Å²) in [5.41, 5.74) is 5.58. The van der Waals surface area contributed by atoms with E-state index < -0.39 is 0 Å². The molecule has 0 aliphatic carbocycles. The molecule has 156 valence electrons. The number of para-hydroxylation sites is 1. The van der Waals surface area contributed by atoms with Crippen molar-refractivity contribution in [2.75, 3.05) is 6.54 Å². The van der Waals surface area contributed by atoms with Crippen LogP contribution >= 0.6 is 11.3 Å². The highest BCUT2D eigenvalue weighted by atomic mass is 32.1. The number of rotatable bonds is 3. The number of nitrogens with one attached hydrogen (secondary N) is 1. The Labute approximate surface area is 190 Å². The minimum atomic E-state index is -0.139. The van der Waals surface area contributed by atoms with Gasteiger partial charge in [-0.25, -0.2) is 0 Å². The number of hydrogen-bond acceptors (Lipinski definition) is 3. The van der Waals surface area contributed by atoms with Gasteiger partial charge in [0, 0.05) is 29.3 Å². The van der Waals surface area contributed by atoms with Gasteiger partial charge in [0.15, 0.2) is 0 Å². The van der Waals surface area contributed by atoms with Gasteiger partial charge < -0.3 is 9.88 Å². The molecule has 5 heteroatoms. The average Bonchev–Trinajstić information content (AvgIpc) is 3.49. The minimum Gasteiger partial charge on any atom is -0.356 e. The lowest BCUT2D eigenvalue weighted by Crippen LogP contribution is -2.40. The van der Waals surface area contributed by atoms with E-state index in [2.05, 4.69) is 46.4 Å². The van der Waals surface area contributed by atoms with Gasteiger partial charge in [0.1, 0.15) is 0 Å². The molecule has 2 aromatic carbocycles. The molecule has 1 unspecified atom stereocenters. The van der Waals surface area contributed by atoms with Crippen LogP contribution in [0.3, 0.4) is 0 Å². The molecule has 0 saturated carbocycles. The number of nitrogens with zero attached hydrogens (tertiary/aromatic N) is 2. The van der Waals surface area contributed by atoms with Gasteiger partial charge in [-0.1, -0.05) is 54.6 Å². The number of pyridine rings is 1. The van der Waals surface area contributed by atoms with E-state index in [1.54, 1.807) is 6.20 Å². The normalized spacial score (nSPS) is 15.6. The molecule has 1 atom stereocenters. The second-order valence-corrected chi connectivity index (χ2v) is 9.09. The van der Waals surface area contributed by atoms with Gasteiger partial charge in [0.05, 0.1) is 21.5 Å². The molecule has 1 aliphatic rings. The summed E-state index contributed by atoms with van der Waals surface area (Å²) < 4.78 is 0. The summed E-state index contributed by atoms with van der Waals surface area (Å²) >= 11 is 1.51. The Kier molecular flexibility index (Phi) is 4.62. The molecular formula is C27H21N3OS. The molecule has 0 fully saturated rings. The van der Waals surface area contributed by atoms with Crippen molar-refractivity contribution >= 4 is 28.1 Å². The van der Waals surface area contributed by atoms with E-state index in [0.29, 0.717) is 6.54 Å². The van der Waals surface area contributed by atoms with Crippen molar-refractivity contribution in [1.82, 2.24) is 14.9 Å². The third-order valence-corrected chi connectivity index (χ3v) is 7.24. The predicted octanol–water partition coefficient (Wildman–Crippen LogP) is 6.08. The smallest absolute Gasteiger partial charge is 0.264 e.